The topological polar surface area (TPSA) is 61.4 Å². The molecule has 106 valence electrons. The van der Waals surface area contributed by atoms with E-state index in [1.54, 1.807) is 7.05 Å². The van der Waals surface area contributed by atoms with Crippen molar-refractivity contribution in [3.8, 4) is 0 Å². The summed E-state index contributed by atoms with van der Waals surface area (Å²) in [5, 5.41) is 11.9. The molecule has 0 atom stereocenters. The molecule has 1 aromatic rings. The third kappa shape index (κ3) is 3.63. The number of carbonyl (C=O) groups excluding carboxylic acids is 1. The van der Waals surface area contributed by atoms with Gasteiger partial charge in [0, 0.05) is 39.8 Å². The van der Waals surface area contributed by atoms with Gasteiger partial charge in [-0.25, -0.2) is 0 Å². The van der Waals surface area contributed by atoms with Crippen LogP contribution in [-0.4, -0.2) is 65.7 Å². The van der Waals surface area contributed by atoms with Crippen LogP contribution in [0.5, 0.6) is 0 Å². The summed E-state index contributed by atoms with van der Waals surface area (Å²) in [6.07, 6.45) is 0. The highest BCUT2D eigenvalue weighted by atomic mass is 32.1. The van der Waals surface area contributed by atoms with Crippen LogP contribution in [0.1, 0.15) is 23.6 Å². The lowest BCUT2D eigenvalue weighted by molar-refractivity contribution is 0.0622. The number of piperazine rings is 1. The summed E-state index contributed by atoms with van der Waals surface area (Å²) in [6.45, 7) is 8.99. The molecule has 0 radical (unpaired) electrons. The van der Waals surface area contributed by atoms with E-state index in [2.05, 4.69) is 34.3 Å². The van der Waals surface area contributed by atoms with Crippen LogP contribution in [0.15, 0.2) is 0 Å². The Morgan fingerprint density at radius 2 is 2.00 bits per heavy atom. The molecule has 2 rings (SSSR count). The number of amides is 1. The Labute approximate surface area is 117 Å². The number of hydrogen-bond donors (Lipinski definition) is 1. The second-order valence-electron chi connectivity index (χ2n) is 5.15. The van der Waals surface area contributed by atoms with Crippen LogP contribution in [0.25, 0.3) is 0 Å². The van der Waals surface area contributed by atoms with Gasteiger partial charge in [-0.05, 0) is 5.92 Å². The van der Waals surface area contributed by atoms with Crippen molar-refractivity contribution in [3.05, 3.63) is 5.01 Å². The molecule has 1 amide bonds. The van der Waals surface area contributed by atoms with Crippen LogP contribution in [0.2, 0.25) is 0 Å². The molecule has 0 unspecified atom stereocenters. The number of carbonyl (C=O) groups is 1. The van der Waals surface area contributed by atoms with Gasteiger partial charge in [-0.3, -0.25) is 9.69 Å². The highest BCUT2D eigenvalue weighted by molar-refractivity contribution is 7.17. The lowest BCUT2D eigenvalue weighted by Crippen LogP contribution is -2.49. The predicted molar refractivity (Wildman–Crippen MR) is 76.6 cm³/mol. The highest BCUT2D eigenvalue weighted by Crippen LogP contribution is 2.17. The minimum absolute atomic E-state index is 0.00296. The molecule has 1 aromatic heterocycles. The second kappa shape index (κ2) is 6.29. The third-order valence-corrected chi connectivity index (χ3v) is 4.03. The number of nitrogens with one attached hydrogen (secondary N) is 1. The summed E-state index contributed by atoms with van der Waals surface area (Å²) >= 11 is 1.31. The molecule has 0 spiro atoms. The van der Waals surface area contributed by atoms with Gasteiger partial charge in [0.15, 0.2) is 0 Å². The maximum Gasteiger partial charge on any atom is 0.284 e. The van der Waals surface area contributed by atoms with E-state index < -0.39 is 0 Å². The van der Waals surface area contributed by atoms with Gasteiger partial charge in [-0.15, -0.1) is 10.2 Å². The zero-order chi connectivity index (χ0) is 13.8. The van der Waals surface area contributed by atoms with Crippen molar-refractivity contribution >= 4 is 22.4 Å². The van der Waals surface area contributed by atoms with Crippen molar-refractivity contribution in [1.29, 1.82) is 0 Å². The molecule has 1 N–H and O–H groups in total. The maximum atomic E-state index is 12.2. The maximum absolute atomic E-state index is 12.2. The Kier molecular flexibility index (Phi) is 4.71. The lowest BCUT2D eigenvalue weighted by atomic mass is 10.2. The van der Waals surface area contributed by atoms with Crippen molar-refractivity contribution in [3.63, 3.8) is 0 Å². The standard InChI is InChI=1S/C12H21N5OS/c1-9(2)8-16-4-6-17(7-5-16)11(18)10-14-15-12(13-3)19-10/h9H,4-8H2,1-3H3,(H,13,15). The molecule has 1 aliphatic rings. The molecule has 1 saturated heterocycles. The minimum atomic E-state index is 0.00296. The molecule has 7 heteroatoms. The second-order valence-corrected chi connectivity index (χ2v) is 6.13. The van der Waals surface area contributed by atoms with Crippen molar-refractivity contribution in [2.24, 2.45) is 5.92 Å². The van der Waals surface area contributed by atoms with Crippen LogP contribution < -0.4 is 5.32 Å². The van der Waals surface area contributed by atoms with Crippen molar-refractivity contribution in [2.45, 2.75) is 13.8 Å². The fourth-order valence-electron chi connectivity index (χ4n) is 2.20. The van der Waals surface area contributed by atoms with Gasteiger partial charge in [0.05, 0.1) is 0 Å². The number of rotatable bonds is 4. The van der Waals surface area contributed by atoms with E-state index in [4.69, 9.17) is 0 Å². The first-order valence-corrected chi connectivity index (χ1v) is 7.44. The molecule has 0 aromatic carbocycles. The number of aromatic nitrogens is 2. The summed E-state index contributed by atoms with van der Waals surface area (Å²) in [5.41, 5.74) is 0. The Balaban J connectivity index is 1.88. The molecular formula is C12H21N5OS. The summed E-state index contributed by atoms with van der Waals surface area (Å²) < 4.78 is 0. The van der Waals surface area contributed by atoms with E-state index >= 15 is 0 Å². The SMILES string of the molecule is CNc1nnc(C(=O)N2CCN(CC(C)C)CC2)s1. The van der Waals surface area contributed by atoms with Gasteiger partial charge in [0.2, 0.25) is 10.1 Å². The number of nitrogens with zero attached hydrogens (tertiary/aromatic N) is 4. The first-order chi connectivity index (χ1) is 9.10. The lowest BCUT2D eigenvalue weighted by Gasteiger charge is -2.35. The molecule has 6 nitrogen and oxygen atoms in total. The Morgan fingerprint density at radius 1 is 1.32 bits per heavy atom. The van der Waals surface area contributed by atoms with Crippen LogP contribution in [-0.2, 0) is 0 Å². The summed E-state index contributed by atoms with van der Waals surface area (Å²) in [5.74, 6) is 0.673. The zero-order valence-electron chi connectivity index (χ0n) is 11.7. The van der Waals surface area contributed by atoms with E-state index in [0.717, 1.165) is 32.7 Å². The molecule has 1 aliphatic heterocycles. The largest absolute Gasteiger partial charge is 0.363 e. The van der Waals surface area contributed by atoms with Crippen LogP contribution in [0.3, 0.4) is 0 Å². The molecule has 1 fully saturated rings. The number of hydrogen-bond acceptors (Lipinski definition) is 6. The van der Waals surface area contributed by atoms with Gasteiger partial charge < -0.3 is 10.2 Å². The van der Waals surface area contributed by atoms with E-state index in [1.165, 1.54) is 11.3 Å². The van der Waals surface area contributed by atoms with Gasteiger partial charge in [-0.1, -0.05) is 25.2 Å². The molecular weight excluding hydrogens is 262 g/mol. The average molecular weight is 283 g/mol. The summed E-state index contributed by atoms with van der Waals surface area (Å²) in [7, 11) is 1.78. The molecule has 0 saturated carbocycles. The Hall–Kier alpha value is -1.21. The van der Waals surface area contributed by atoms with Gasteiger partial charge >= 0.3 is 0 Å². The van der Waals surface area contributed by atoms with Gasteiger partial charge in [-0.2, -0.15) is 0 Å². The van der Waals surface area contributed by atoms with Gasteiger partial charge in [0.1, 0.15) is 0 Å². The van der Waals surface area contributed by atoms with Crippen molar-refractivity contribution in [1.82, 2.24) is 20.0 Å². The monoisotopic (exact) mass is 283 g/mol. The van der Waals surface area contributed by atoms with Crippen LogP contribution in [0, 0.1) is 5.92 Å². The highest BCUT2D eigenvalue weighted by Gasteiger charge is 2.24. The smallest absolute Gasteiger partial charge is 0.284 e. The van der Waals surface area contributed by atoms with Crippen molar-refractivity contribution in [2.75, 3.05) is 45.1 Å². The summed E-state index contributed by atoms with van der Waals surface area (Å²) in [6, 6.07) is 0. The summed E-state index contributed by atoms with van der Waals surface area (Å²) in [4.78, 5) is 16.5. The Bertz CT molecular complexity index is 426. The van der Waals surface area contributed by atoms with Crippen molar-refractivity contribution < 1.29 is 4.79 Å². The fraction of sp³-hybridized carbons (Fsp3) is 0.750. The molecule has 0 bridgehead atoms. The Morgan fingerprint density at radius 3 is 2.53 bits per heavy atom. The molecule has 19 heavy (non-hydrogen) atoms. The molecule has 2 heterocycles. The van der Waals surface area contributed by atoms with E-state index in [9.17, 15) is 4.79 Å². The third-order valence-electron chi connectivity index (χ3n) is 3.10. The van der Waals surface area contributed by atoms with E-state index in [0.29, 0.717) is 16.1 Å². The fourth-order valence-corrected chi connectivity index (χ4v) is 2.86. The average Bonchev–Trinajstić information content (AvgIpc) is 2.87. The zero-order valence-corrected chi connectivity index (χ0v) is 12.5. The predicted octanol–water partition coefficient (Wildman–Crippen LogP) is 0.994. The quantitative estimate of drug-likeness (QED) is 0.893. The van der Waals surface area contributed by atoms with Crippen LogP contribution >= 0.6 is 11.3 Å². The van der Waals surface area contributed by atoms with Crippen LogP contribution in [0.4, 0.5) is 5.13 Å². The van der Waals surface area contributed by atoms with E-state index in [1.807, 2.05) is 4.90 Å². The first-order valence-electron chi connectivity index (χ1n) is 6.63. The normalized spacial score (nSPS) is 16.9. The number of anilines is 1. The minimum Gasteiger partial charge on any atom is -0.363 e. The van der Waals surface area contributed by atoms with Gasteiger partial charge in [0.25, 0.3) is 5.91 Å². The first kappa shape index (κ1) is 14.2. The molecule has 0 aliphatic carbocycles. The van der Waals surface area contributed by atoms with E-state index in [-0.39, 0.29) is 5.91 Å².